The maximum Gasteiger partial charge on any atom is 0.268 e. The highest BCUT2D eigenvalue weighted by molar-refractivity contribution is 7.45. The van der Waals surface area contributed by atoms with E-state index in [1.165, 1.54) is 141 Å². The van der Waals surface area contributed by atoms with Crippen LogP contribution in [0.5, 0.6) is 0 Å². The molecular weight excluding hydrogens is 1060 g/mol. The molecule has 0 saturated carbocycles. The van der Waals surface area contributed by atoms with E-state index in [0.717, 1.165) is 96.3 Å². The van der Waals surface area contributed by atoms with E-state index in [-0.39, 0.29) is 18.9 Å². The number of unbranched alkanes of at least 4 members (excludes halogenated alkanes) is 26. The van der Waals surface area contributed by atoms with Crippen LogP contribution in [-0.2, 0) is 18.4 Å². The minimum Gasteiger partial charge on any atom is -0.756 e. The molecule has 0 aromatic carbocycles. The van der Waals surface area contributed by atoms with Crippen LogP contribution in [0.1, 0.15) is 271 Å². The predicted octanol–water partition coefficient (Wildman–Crippen LogP) is 21.4. The van der Waals surface area contributed by atoms with Gasteiger partial charge in [0.25, 0.3) is 7.82 Å². The smallest absolute Gasteiger partial charge is 0.268 e. The first-order valence-corrected chi connectivity index (χ1v) is 35.7. The molecule has 9 heteroatoms. The summed E-state index contributed by atoms with van der Waals surface area (Å²) in [5.41, 5.74) is 0. The Balaban J connectivity index is 4.29. The number of allylic oxidation sites excluding steroid dienone is 23. The molecule has 3 unspecified atom stereocenters. The van der Waals surface area contributed by atoms with E-state index in [9.17, 15) is 19.4 Å². The van der Waals surface area contributed by atoms with Gasteiger partial charge in [-0.2, -0.15) is 0 Å². The van der Waals surface area contributed by atoms with Crippen molar-refractivity contribution in [1.29, 1.82) is 0 Å². The Morgan fingerprint density at radius 1 is 0.429 bits per heavy atom. The lowest BCUT2D eigenvalue weighted by molar-refractivity contribution is -0.870. The van der Waals surface area contributed by atoms with Crippen LogP contribution in [0.15, 0.2) is 146 Å². The zero-order chi connectivity index (χ0) is 61.2. The summed E-state index contributed by atoms with van der Waals surface area (Å²) in [6, 6.07) is -0.942. The van der Waals surface area contributed by atoms with Crippen LogP contribution < -0.4 is 10.2 Å². The Morgan fingerprint density at radius 2 is 0.738 bits per heavy atom. The topological polar surface area (TPSA) is 108 Å². The minimum atomic E-state index is -4.64. The molecule has 0 aromatic rings. The standard InChI is InChI=1S/C75H129N2O6P/c1-6-8-10-12-14-16-18-20-22-24-26-28-30-32-34-36-38-40-42-44-46-48-50-52-54-56-58-60-62-64-66-68-74(78)73(72-83-84(80,81)82-71-70-77(3,4)5)76-75(79)69-67-65-63-61-59-57-55-53-51-49-47-45-43-41-39-37-35-33-31-29-27-25-23-21-19-17-15-13-11-9-7-2/h9,11,15,17,21,23,27,29,33,35,39,41,45,47,50-53,57-60,66,68,73-74,78H,6-8,10,12-14,16,18-20,22,24-26,28,30-32,34,36-38,40,42-44,46,48-49,54-56,61-65,67,69-72H2,1-5H3,(H-,76,79,80,81)/b11-9-,17-15-,23-21-,29-27-,35-33-,41-39-,47-45-,52-50+,53-51-,59-57-,60-58+,68-66+. The van der Waals surface area contributed by atoms with Crippen molar-refractivity contribution in [2.75, 3.05) is 40.9 Å². The molecule has 0 bridgehead atoms. The van der Waals surface area contributed by atoms with Crippen LogP contribution in [0.2, 0.25) is 0 Å². The highest BCUT2D eigenvalue weighted by Crippen LogP contribution is 2.38. The normalized spacial score (nSPS) is 14.6. The molecule has 0 aromatic heterocycles. The zero-order valence-electron chi connectivity index (χ0n) is 54.8. The van der Waals surface area contributed by atoms with Gasteiger partial charge >= 0.3 is 0 Å². The van der Waals surface area contributed by atoms with Gasteiger partial charge in [-0.15, -0.1) is 0 Å². The summed E-state index contributed by atoms with van der Waals surface area (Å²) in [5.74, 6) is -0.248. The average molecular weight is 1190 g/mol. The van der Waals surface area contributed by atoms with Crippen molar-refractivity contribution in [2.45, 2.75) is 283 Å². The number of hydrogen-bond acceptors (Lipinski definition) is 6. The van der Waals surface area contributed by atoms with E-state index in [2.05, 4.69) is 153 Å². The summed E-state index contributed by atoms with van der Waals surface area (Å²) >= 11 is 0. The molecule has 0 aliphatic carbocycles. The molecule has 0 heterocycles. The van der Waals surface area contributed by atoms with Gasteiger partial charge < -0.3 is 28.8 Å². The second-order valence-corrected chi connectivity index (χ2v) is 25.2. The minimum absolute atomic E-state index is 0.0242. The molecule has 84 heavy (non-hydrogen) atoms. The first kappa shape index (κ1) is 80.4. The van der Waals surface area contributed by atoms with Gasteiger partial charge in [0, 0.05) is 6.42 Å². The van der Waals surface area contributed by atoms with Crippen molar-refractivity contribution in [3.8, 4) is 0 Å². The van der Waals surface area contributed by atoms with Crippen LogP contribution in [0.3, 0.4) is 0 Å². The highest BCUT2D eigenvalue weighted by Gasteiger charge is 2.23. The second kappa shape index (κ2) is 63.9. The van der Waals surface area contributed by atoms with E-state index in [1.807, 2.05) is 27.2 Å². The largest absolute Gasteiger partial charge is 0.756 e. The van der Waals surface area contributed by atoms with Gasteiger partial charge in [0.2, 0.25) is 5.91 Å². The number of likely N-dealkylation sites (N-methyl/N-ethyl adjacent to an activating group) is 1. The fourth-order valence-corrected chi connectivity index (χ4v) is 9.96. The Hall–Kier alpha value is -3.62. The number of carbonyl (C=O) groups excluding carboxylic acids is 1. The second-order valence-electron chi connectivity index (χ2n) is 23.8. The van der Waals surface area contributed by atoms with E-state index in [4.69, 9.17) is 9.05 Å². The van der Waals surface area contributed by atoms with Crippen molar-refractivity contribution < 1.29 is 32.9 Å². The lowest BCUT2D eigenvalue weighted by atomic mass is 10.0. The number of aliphatic hydroxyl groups is 1. The number of nitrogens with zero attached hydrogens (tertiary/aromatic N) is 1. The van der Waals surface area contributed by atoms with Gasteiger partial charge in [-0.3, -0.25) is 9.36 Å². The lowest BCUT2D eigenvalue weighted by Crippen LogP contribution is -2.45. The number of phosphoric ester groups is 1. The third-order valence-corrected chi connectivity index (χ3v) is 15.5. The monoisotopic (exact) mass is 1180 g/mol. The van der Waals surface area contributed by atoms with E-state index in [0.29, 0.717) is 23.9 Å². The molecule has 0 rings (SSSR count). The fraction of sp³-hybridized carbons (Fsp3) is 0.667. The Labute approximate surface area is 519 Å². The van der Waals surface area contributed by atoms with Crippen molar-refractivity contribution in [3.63, 3.8) is 0 Å². The summed E-state index contributed by atoms with van der Waals surface area (Å²) < 4.78 is 23.4. The molecule has 0 aliphatic rings. The highest BCUT2D eigenvalue weighted by atomic mass is 31.2. The number of carbonyl (C=O) groups is 1. The number of quaternary nitrogens is 1. The van der Waals surface area contributed by atoms with Crippen LogP contribution in [0, 0.1) is 0 Å². The number of hydrogen-bond donors (Lipinski definition) is 2. The lowest BCUT2D eigenvalue weighted by Gasteiger charge is -2.29. The molecular formula is C75H129N2O6P. The Bertz CT molecular complexity index is 1880. The number of rotatable bonds is 61. The van der Waals surface area contributed by atoms with Crippen LogP contribution >= 0.6 is 7.82 Å². The number of nitrogens with one attached hydrogen (secondary N) is 1. The average Bonchev–Trinajstić information content (AvgIpc) is 3.56. The van der Waals surface area contributed by atoms with Crippen molar-refractivity contribution in [1.82, 2.24) is 5.32 Å². The molecule has 1 amide bonds. The van der Waals surface area contributed by atoms with Crippen molar-refractivity contribution >= 4 is 13.7 Å². The molecule has 0 aliphatic heterocycles. The summed E-state index contributed by atoms with van der Waals surface area (Å²) in [5, 5.41) is 13.9. The van der Waals surface area contributed by atoms with Gasteiger partial charge in [-0.25, -0.2) is 0 Å². The van der Waals surface area contributed by atoms with Crippen molar-refractivity contribution in [2.24, 2.45) is 0 Å². The first-order chi connectivity index (χ1) is 41.0. The number of amides is 1. The molecule has 0 spiro atoms. The molecule has 0 fully saturated rings. The quantitative estimate of drug-likeness (QED) is 0.0272. The third kappa shape index (κ3) is 65.9. The summed E-state index contributed by atoms with van der Waals surface area (Å²) in [7, 11) is 1.19. The van der Waals surface area contributed by atoms with Gasteiger partial charge in [0.05, 0.1) is 39.9 Å². The van der Waals surface area contributed by atoms with Crippen LogP contribution in [0.25, 0.3) is 0 Å². The van der Waals surface area contributed by atoms with E-state index >= 15 is 0 Å². The SMILES string of the molecule is CC/C=C\C/C=C\C/C=C\C/C=C\C/C=C\C/C=C\C/C=C\C/C=C\C/C=C\CCCCCC(=O)NC(COP(=O)([O-])OCC[N+](C)(C)C)C(O)/C=C/CC/C=C/CC/C=C/CCCCCCCCCCCCCCCCCCCCCCC. The van der Waals surface area contributed by atoms with Gasteiger partial charge in [-0.1, -0.05) is 295 Å². The molecule has 0 saturated heterocycles. The Morgan fingerprint density at radius 3 is 1.11 bits per heavy atom. The molecule has 3 atom stereocenters. The van der Waals surface area contributed by atoms with E-state index < -0.39 is 26.6 Å². The number of aliphatic hydroxyl groups excluding tert-OH is 1. The number of phosphoric acid groups is 1. The van der Waals surface area contributed by atoms with Gasteiger partial charge in [0.1, 0.15) is 13.2 Å². The van der Waals surface area contributed by atoms with Gasteiger partial charge in [0.15, 0.2) is 0 Å². The third-order valence-electron chi connectivity index (χ3n) is 14.5. The predicted molar refractivity (Wildman–Crippen MR) is 366 cm³/mol. The molecule has 0 radical (unpaired) electrons. The summed E-state index contributed by atoms with van der Waals surface area (Å²) in [6.07, 6.45) is 98.3. The summed E-state index contributed by atoms with van der Waals surface area (Å²) in [4.78, 5) is 25.6. The molecule has 2 N–H and O–H groups in total. The maximum absolute atomic E-state index is 13.0. The van der Waals surface area contributed by atoms with Crippen LogP contribution in [-0.4, -0.2) is 68.5 Å². The molecule has 480 valence electrons. The molecule has 8 nitrogen and oxygen atoms in total. The first-order valence-electron chi connectivity index (χ1n) is 34.2. The summed E-state index contributed by atoms with van der Waals surface area (Å²) in [6.45, 7) is 4.48. The van der Waals surface area contributed by atoms with Crippen LogP contribution in [0.4, 0.5) is 0 Å². The fourth-order valence-electron chi connectivity index (χ4n) is 9.24. The zero-order valence-corrected chi connectivity index (χ0v) is 55.7. The van der Waals surface area contributed by atoms with Crippen molar-refractivity contribution in [3.05, 3.63) is 146 Å². The van der Waals surface area contributed by atoms with Gasteiger partial charge in [-0.05, 0) is 116 Å². The Kier molecular flexibility index (Phi) is 61.1. The van der Waals surface area contributed by atoms with E-state index in [1.54, 1.807) is 6.08 Å². The maximum atomic E-state index is 13.0.